The molecule has 1 aromatic heterocycles. The SMILES string of the molecule is CN1[B]N(c2ccc(F)cn2)C=C1. The van der Waals surface area contributed by atoms with Gasteiger partial charge in [-0.05, 0) is 19.2 Å². The molecule has 0 aliphatic carbocycles. The zero-order chi connectivity index (χ0) is 9.26. The van der Waals surface area contributed by atoms with Crippen LogP contribution in [0.25, 0.3) is 0 Å². The van der Waals surface area contributed by atoms with Gasteiger partial charge in [0.05, 0.1) is 6.20 Å². The van der Waals surface area contributed by atoms with Gasteiger partial charge in [-0.15, -0.1) is 0 Å². The smallest absolute Gasteiger partial charge is 0.396 e. The van der Waals surface area contributed by atoms with Crippen LogP contribution >= 0.6 is 0 Å². The molecule has 5 heteroatoms. The Morgan fingerprint density at radius 2 is 2.23 bits per heavy atom. The average molecular weight is 176 g/mol. The van der Waals surface area contributed by atoms with Crippen LogP contribution in [0.2, 0.25) is 0 Å². The van der Waals surface area contributed by atoms with Gasteiger partial charge < -0.3 is 9.62 Å². The van der Waals surface area contributed by atoms with Crippen LogP contribution in [0, 0.1) is 5.82 Å². The first-order valence-corrected chi connectivity index (χ1v) is 3.91. The number of anilines is 1. The fourth-order valence-corrected chi connectivity index (χ4v) is 1.11. The number of halogens is 1. The van der Waals surface area contributed by atoms with Crippen LogP contribution in [0.15, 0.2) is 30.7 Å². The van der Waals surface area contributed by atoms with Gasteiger partial charge in [0, 0.05) is 12.4 Å². The average Bonchev–Trinajstić information content (AvgIpc) is 2.53. The highest BCUT2D eigenvalue weighted by Crippen LogP contribution is 2.13. The zero-order valence-corrected chi connectivity index (χ0v) is 7.18. The van der Waals surface area contributed by atoms with E-state index in [1.807, 2.05) is 36.6 Å². The van der Waals surface area contributed by atoms with Gasteiger partial charge in [0.15, 0.2) is 0 Å². The van der Waals surface area contributed by atoms with Gasteiger partial charge in [-0.2, -0.15) is 0 Å². The fourth-order valence-electron chi connectivity index (χ4n) is 1.11. The highest BCUT2D eigenvalue weighted by Gasteiger charge is 2.14. The molecule has 2 heterocycles. The summed E-state index contributed by atoms with van der Waals surface area (Å²) in [5.41, 5.74) is 0. The third-order valence-corrected chi connectivity index (χ3v) is 1.75. The summed E-state index contributed by atoms with van der Waals surface area (Å²) in [5.74, 6) is 0.391. The van der Waals surface area contributed by atoms with Crippen LogP contribution in [0.1, 0.15) is 0 Å². The Morgan fingerprint density at radius 3 is 2.77 bits per heavy atom. The number of pyridine rings is 1. The van der Waals surface area contributed by atoms with E-state index in [4.69, 9.17) is 0 Å². The molecule has 0 unspecified atom stereocenters. The standard InChI is InChI=1S/C8H8BFN3/c1-12-4-5-13(9-12)8-3-2-7(10)6-11-8/h2-6H,1H3. The van der Waals surface area contributed by atoms with Gasteiger partial charge in [-0.25, -0.2) is 9.37 Å². The minimum Gasteiger partial charge on any atom is -0.406 e. The Morgan fingerprint density at radius 1 is 1.38 bits per heavy atom. The maximum absolute atomic E-state index is 12.5. The molecule has 3 nitrogen and oxygen atoms in total. The monoisotopic (exact) mass is 176 g/mol. The van der Waals surface area contributed by atoms with Gasteiger partial charge in [0.2, 0.25) is 0 Å². The van der Waals surface area contributed by atoms with Crippen LogP contribution < -0.4 is 4.81 Å². The highest BCUT2D eigenvalue weighted by atomic mass is 19.1. The van der Waals surface area contributed by atoms with Crippen molar-refractivity contribution >= 4 is 13.4 Å². The van der Waals surface area contributed by atoms with Crippen molar-refractivity contribution in [2.24, 2.45) is 0 Å². The van der Waals surface area contributed by atoms with E-state index < -0.39 is 0 Å². The van der Waals surface area contributed by atoms with E-state index in [0.29, 0.717) is 5.82 Å². The number of hydrogen-bond donors (Lipinski definition) is 0. The first-order chi connectivity index (χ1) is 6.25. The summed E-state index contributed by atoms with van der Waals surface area (Å²) in [6, 6.07) is 3.03. The van der Waals surface area contributed by atoms with Crippen molar-refractivity contribution in [2.45, 2.75) is 0 Å². The number of nitrogens with zero attached hydrogens (tertiary/aromatic N) is 3. The molecule has 1 radical (unpaired) electrons. The van der Waals surface area contributed by atoms with Gasteiger partial charge >= 0.3 is 7.55 Å². The lowest BCUT2D eigenvalue weighted by atomic mass is 10.1. The van der Waals surface area contributed by atoms with Gasteiger partial charge in [0.1, 0.15) is 11.6 Å². The third-order valence-electron chi connectivity index (χ3n) is 1.75. The van der Waals surface area contributed by atoms with Crippen molar-refractivity contribution < 1.29 is 4.39 Å². The van der Waals surface area contributed by atoms with Gasteiger partial charge in [-0.3, -0.25) is 0 Å². The Labute approximate surface area is 76.8 Å². The Bertz CT molecular complexity index is 325. The lowest BCUT2D eigenvalue weighted by Crippen LogP contribution is -2.26. The first-order valence-electron chi connectivity index (χ1n) is 3.91. The Kier molecular flexibility index (Phi) is 1.92. The van der Waals surface area contributed by atoms with E-state index in [1.54, 1.807) is 6.07 Å². The highest BCUT2D eigenvalue weighted by molar-refractivity contribution is 6.40. The molecule has 0 amide bonds. The van der Waals surface area contributed by atoms with E-state index in [9.17, 15) is 4.39 Å². The molecule has 0 fully saturated rings. The summed E-state index contributed by atoms with van der Waals surface area (Å²) in [4.78, 5) is 7.65. The van der Waals surface area contributed by atoms with Crippen molar-refractivity contribution in [1.82, 2.24) is 9.79 Å². The quantitative estimate of drug-likeness (QED) is 0.594. The summed E-state index contributed by atoms with van der Waals surface area (Å²) in [6.45, 7) is 0. The molecule has 65 valence electrons. The summed E-state index contributed by atoms with van der Waals surface area (Å²) >= 11 is 0. The number of rotatable bonds is 1. The second kappa shape index (κ2) is 3.09. The maximum Gasteiger partial charge on any atom is 0.396 e. The summed E-state index contributed by atoms with van der Waals surface area (Å²) in [7, 11) is 3.78. The van der Waals surface area contributed by atoms with Gasteiger partial charge in [-0.1, -0.05) is 0 Å². The fraction of sp³-hybridized carbons (Fsp3) is 0.125. The molecule has 13 heavy (non-hydrogen) atoms. The summed E-state index contributed by atoms with van der Waals surface area (Å²) < 4.78 is 12.5. The topological polar surface area (TPSA) is 19.4 Å². The largest absolute Gasteiger partial charge is 0.406 e. The summed E-state index contributed by atoms with van der Waals surface area (Å²) in [5, 5.41) is 0. The molecule has 2 rings (SSSR count). The van der Waals surface area contributed by atoms with Crippen LogP contribution in [0.4, 0.5) is 10.2 Å². The minimum atomic E-state index is -0.319. The molecule has 1 aliphatic heterocycles. The van der Waals surface area contributed by atoms with Crippen LogP contribution in [0.3, 0.4) is 0 Å². The second-order valence-electron chi connectivity index (χ2n) is 2.82. The Balaban J connectivity index is 2.18. The van der Waals surface area contributed by atoms with Crippen molar-refractivity contribution in [2.75, 3.05) is 11.9 Å². The van der Waals surface area contributed by atoms with Crippen LogP contribution in [0.5, 0.6) is 0 Å². The van der Waals surface area contributed by atoms with Crippen molar-refractivity contribution in [1.29, 1.82) is 0 Å². The normalized spacial score (nSPS) is 14.9. The zero-order valence-electron chi connectivity index (χ0n) is 7.18. The van der Waals surface area contributed by atoms with Crippen molar-refractivity contribution in [3.63, 3.8) is 0 Å². The van der Waals surface area contributed by atoms with Crippen molar-refractivity contribution in [3.05, 3.63) is 36.5 Å². The van der Waals surface area contributed by atoms with Crippen LogP contribution in [-0.2, 0) is 0 Å². The lowest BCUT2D eigenvalue weighted by molar-refractivity contribution is 0.621. The molecule has 0 aromatic carbocycles. The van der Waals surface area contributed by atoms with Crippen LogP contribution in [-0.4, -0.2) is 24.4 Å². The summed E-state index contributed by atoms with van der Waals surface area (Å²) in [6.07, 6.45) is 4.96. The molecule has 0 saturated carbocycles. The molecule has 1 aliphatic rings. The molecule has 0 saturated heterocycles. The van der Waals surface area contributed by atoms with E-state index in [0.717, 1.165) is 0 Å². The molecular formula is C8H8BFN3. The van der Waals surface area contributed by atoms with E-state index >= 15 is 0 Å². The molecule has 0 atom stereocenters. The van der Waals surface area contributed by atoms with Crippen molar-refractivity contribution in [3.8, 4) is 0 Å². The third kappa shape index (κ3) is 1.64. The van der Waals surface area contributed by atoms with Gasteiger partial charge in [0.25, 0.3) is 0 Å². The predicted molar refractivity (Wildman–Crippen MR) is 49.3 cm³/mol. The molecular weight excluding hydrogens is 168 g/mol. The molecule has 0 spiro atoms. The first kappa shape index (κ1) is 8.10. The second-order valence-corrected chi connectivity index (χ2v) is 2.82. The number of hydrogen-bond acceptors (Lipinski definition) is 3. The molecule has 1 aromatic rings. The predicted octanol–water partition coefficient (Wildman–Crippen LogP) is 0.978. The maximum atomic E-state index is 12.5. The van der Waals surface area contributed by atoms with E-state index in [1.165, 1.54) is 12.3 Å². The molecule has 0 bridgehead atoms. The van der Waals surface area contributed by atoms with E-state index in [-0.39, 0.29) is 5.82 Å². The van der Waals surface area contributed by atoms with E-state index in [2.05, 4.69) is 4.98 Å². The molecule has 0 N–H and O–H groups in total. The Hall–Kier alpha value is -1.52. The minimum absolute atomic E-state index is 0.319. The number of aromatic nitrogens is 1. The lowest BCUT2D eigenvalue weighted by Gasteiger charge is -2.14.